The summed E-state index contributed by atoms with van der Waals surface area (Å²) >= 11 is 1.40. The summed E-state index contributed by atoms with van der Waals surface area (Å²) in [5, 5.41) is 31.8. The van der Waals surface area contributed by atoms with Crippen molar-refractivity contribution in [2.75, 3.05) is 5.32 Å². The number of aliphatic hydroxyl groups is 1. The predicted molar refractivity (Wildman–Crippen MR) is 145 cm³/mol. The Kier molecular flexibility index (Phi) is 5.97. The molecule has 0 aliphatic heterocycles. The van der Waals surface area contributed by atoms with E-state index in [0.717, 1.165) is 51.2 Å². The van der Waals surface area contributed by atoms with Gasteiger partial charge in [0, 0.05) is 24.2 Å². The molecule has 4 N–H and O–H groups in total. The highest BCUT2D eigenvalue weighted by Gasteiger charge is 2.39. The molecule has 6 rings (SSSR count). The van der Waals surface area contributed by atoms with Crippen molar-refractivity contribution in [3.8, 4) is 21.7 Å². The number of thiazole rings is 1. The third-order valence-electron chi connectivity index (χ3n) is 6.71. The quantitative estimate of drug-likeness (QED) is 0.234. The smallest absolute Gasteiger partial charge is 0.335 e. The molecule has 1 aromatic carbocycles. The van der Waals surface area contributed by atoms with Gasteiger partial charge in [-0.05, 0) is 84.8 Å². The molecule has 4 heterocycles. The Bertz CT molecular complexity index is 1650. The number of aromatic carboxylic acids is 1. The Morgan fingerprint density at radius 1 is 1.08 bits per heavy atom. The van der Waals surface area contributed by atoms with Gasteiger partial charge in [-0.1, -0.05) is 6.07 Å². The Balaban J connectivity index is 1.30. The van der Waals surface area contributed by atoms with Crippen LogP contribution in [-0.2, 0) is 12.0 Å². The molecule has 38 heavy (non-hydrogen) atoms. The van der Waals surface area contributed by atoms with Crippen molar-refractivity contribution in [1.82, 2.24) is 25.1 Å². The lowest BCUT2D eigenvalue weighted by Gasteiger charge is -2.33. The largest absolute Gasteiger partial charge is 0.478 e. The minimum Gasteiger partial charge on any atom is -0.478 e. The number of aromatic nitrogens is 5. The Labute approximate surface area is 222 Å². The number of H-pyrrole nitrogens is 1. The van der Waals surface area contributed by atoms with E-state index in [1.165, 1.54) is 11.3 Å². The van der Waals surface area contributed by atoms with Gasteiger partial charge in [0.25, 0.3) is 0 Å². The third-order valence-corrected chi connectivity index (χ3v) is 7.88. The summed E-state index contributed by atoms with van der Waals surface area (Å²) in [5.74, 6) is 0.332. The molecule has 0 amide bonds. The number of aromatic amines is 1. The number of fused-ring (bicyclic) bond motifs is 1. The fourth-order valence-corrected chi connectivity index (χ4v) is 5.90. The number of nitrogens with zero attached hydrogens (tertiary/aromatic N) is 4. The molecule has 1 aliphatic carbocycles. The molecule has 190 valence electrons. The molecule has 0 fully saturated rings. The average molecular weight is 525 g/mol. The van der Waals surface area contributed by atoms with Crippen molar-refractivity contribution < 1.29 is 15.0 Å². The van der Waals surface area contributed by atoms with Gasteiger partial charge in [-0.15, -0.1) is 11.3 Å². The highest BCUT2D eigenvalue weighted by Crippen LogP contribution is 2.43. The van der Waals surface area contributed by atoms with E-state index in [0.29, 0.717) is 23.1 Å². The molecule has 1 aliphatic rings. The first-order valence-electron chi connectivity index (χ1n) is 12.2. The summed E-state index contributed by atoms with van der Waals surface area (Å²) in [6.45, 7) is 2.00. The van der Waals surface area contributed by atoms with Crippen LogP contribution in [0.5, 0.6) is 0 Å². The van der Waals surface area contributed by atoms with Gasteiger partial charge in [-0.2, -0.15) is 5.10 Å². The van der Waals surface area contributed by atoms with Crippen LogP contribution in [0.1, 0.15) is 44.9 Å². The van der Waals surface area contributed by atoms with E-state index in [-0.39, 0.29) is 5.56 Å². The number of anilines is 2. The molecule has 0 saturated carbocycles. The van der Waals surface area contributed by atoms with Crippen LogP contribution in [0.15, 0.2) is 67.3 Å². The van der Waals surface area contributed by atoms with Crippen molar-refractivity contribution in [2.45, 2.75) is 31.8 Å². The summed E-state index contributed by atoms with van der Waals surface area (Å²) in [5.41, 5.74) is 4.22. The maximum absolute atomic E-state index is 11.7. The number of carbonyl (C=O) groups is 1. The first-order chi connectivity index (χ1) is 18.4. The van der Waals surface area contributed by atoms with E-state index in [1.807, 2.05) is 37.4 Å². The third kappa shape index (κ3) is 4.44. The molecule has 0 bridgehead atoms. The van der Waals surface area contributed by atoms with E-state index in [2.05, 4.69) is 25.5 Å². The minimum absolute atomic E-state index is 0.224. The molecule has 10 heteroatoms. The molecule has 5 aromatic rings. The second-order valence-corrected chi connectivity index (χ2v) is 10.4. The lowest BCUT2D eigenvalue weighted by atomic mass is 9.79. The topological polar surface area (TPSA) is 137 Å². The SMILES string of the molecule is Cc1cc(Nc2cc(-c3cn[nH]c3)ccn2)nc(-c2cnc([C@]3(O)CCCc4cc(C(=O)O)ccc43)s2)c1. The van der Waals surface area contributed by atoms with Crippen LogP contribution in [-0.4, -0.2) is 41.3 Å². The normalized spacial score (nSPS) is 16.7. The van der Waals surface area contributed by atoms with E-state index < -0.39 is 11.6 Å². The Morgan fingerprint density at radius 3 is 2.79 bits per heavy atom. The van der Waals surface area contributed by atoms with Gasteiger partial charge >= 0.3 is 5.97 Å². The zero-order chi connectivity index (χ0) is 26.3. The number of hydrogen-bond acceptors (Lipinski definition) is 8. The summed E-state index contributed by atoms with van der Waals surface area (Å²) in [4.78, 5) is 26.1. The van der Waals surface area contributed by atoms with Gasteiger partial charge in [0.2, 0.25) is 0 Å². The van der Waals surface area contributed by atoms with Crippen LogP contribution in [0.2, 0.25) is 0 Å². The van der Waals surface area contributed by atoms with E-state index in [9.17, 15) is 15.0 Å². The molecular weight excluding hydrogens is 500 g/mol. The molecular formula is C28H24N6O3S. The standard InChI is InChI=1S/C28H24N6O3S/c1-16-9-22(33-25(10-16)34-24-12-17(6-8-29-24)20-13-31-32-14-20)23-15-30-27(38-23)28(37)7-2-3-18-11-19(26(35)36)4-5-21(18)28/h4-6,8-15,37H,2-3,7H2,1H3,(H,31,32)(H,35,36)(H,29,33,34)/t28-/m0/s1. The second kappa shape index (κ2) is 9.47. The number of benzene rings is 1. The number of pyridine rings is 2. The highest BCUT2D eigenvalue weighted by molar-refractivity contribution is 7.15. The zero-order valence-electron chi connectivity index (χ0n) is 20.5. The van der Waals surface area contributed by atoms with Crippen LogP contribution in [0.25, 0.3) is 21.7 Å². The summed E-state index contributed by atoms with van der Waals surface area (Å²) in [6, 6.07) is 12.7. The highest BCUT2D eigenvalue weighted by atomic mass is 32.1. The number of carboxylic acid groups (broad SMARTS) is 1. The molecule has 1 atom stereocenters. The van der Waals surface area contributed by atoms with Crippen molar-refractivity contribution >= 4 is 28.9 Å². The maximum atomic E-state index is 11.7. The summed E-state index contributed by atoms with van der Waals surface area (Å²) in [6.07, 6.45) is 9.04. The van der Waals surface area contributed by atoms with Crippen molar-refractivity contribution in [2.24, 2.45) is 0 Å². The Morgan fingerprint density at radius 2 is 1.97 bits per heavy atom. The van der Waals surface area contributed by atoms with Crippen molar-refractivity contribution in [3.05, 3.63) is 94.5 Å². The molecule has 0 unspecified atom stereocenters. The summed E-state index contributed by atoms with van der Waals surface area (Å²) in [7, 11) is 0. The van der Waals surface area contributed by atoms with E-state index >= 15 is 0 Å². The number of hydrogen-bond donors (Lipinski definition) is 4. The molecule has 0 saturated heterocycles. The molecule has 0 spiro atoms. The monoisotopic (exact) mass is 524 g/mol. The number of nitrogens with one attached hydrogen (secondary N) is 2. The number of rotatable bonds is 6. The van der Waals surface area contributed by atoms with Gasteiger partial charge in [0.1, 0.15) is 22.2 Å². The lowest BCUT2D eigenvalue weighted by Crippen LogP contribution is -2.32. The van der Waals surface area contributed by atoms with Gasteiger partial charge in [-0.3, -0.25) is 5.10 Å². The lowest BCUT2D eigenvalue weighted by molar-refractivity contribution is 0.0607. The average Bonchev–Trinajstić information content (AvgIpc) is 3.62. The maximum Gasteiger partial charge on any atom is 0.335 e. The molecule has 0 radical (unpaired) electrons. The summed E-state index contributed by atoms with van der Waals surface area (Å²) < 4.78 is 0. The van der Waals surface area contributed by atoms with Crippen LogP contribution >= 0.6 is 11.3 Å². The number of carboxylic acids is 1. The van der Waals surface area contributed by atoms with Crippen LogP contribution in [0.3, 0.4) is 0 Å². The van der Waals surface area contributed by atoms with Crippen LogP contribution in [0.4, 0.5) is 11.6 Å². The molecule has 4 aromatic heterocycles. The van der Waals surface area contributed by atoms with Crippen LogP contribution in [0, 0.1) is 6.92 Å². The van der Waals surface area contributed by atoms with Gasteiger partial charge < -0.3 is 15.5 Å². The number of aryl methyl sites for hydroxylation is 2. The Hall–Kier alpha value is -4.41. The van der Waals surface area contributed by atoms with E-state index in [1.54, 1.807) is 36.8 Å². The van der Waals surface area contributed by atoms with Crippen molar-refractivity contribution in [1.29, 1.82) is 0 Å². The van der Waals surface area contributed by atoms with Crippen molar-refractivity contribution in [3.63, 3.8) is 0 Å². The fraction of sp³-hybridized carbons (Fsp3) is 0.179. The second-order valence-electron chi connectivity index (χ2n) is 9.38. The fourth-order valence-electron chi connectivity index (χ4n) is 4.89. The first kappa shape index (κ1) is 24.0. The zero-order valence-corrected chi connectivity index (χ0v) is 21.3. The first-order valence-corrected chi connectivity index (χ1v) is 13.0. The van der Waals surface area contributed by atoms with Crippen LogP contribution < -0.4 is 5.32 Å². The van der Waals surface area contributed by atoms with Gasteiger partial charge in [0.15, 0.2) is 0 Å². The van der Waals surface area contributed by atoms with Gasteiger partial charge in [0.05, 0.1) is 22.3 Å². The van der Waals surface area contributed by atoms with Gasteiger partial charge in [-0.25, -0.2) is 19.7 Å². The minimum atomic E-state index is -1.27. The molecule has 9 nitrogen and oxygen atoms in total. The predicted octanol–water partition coefficient (Wildman–Crippen LogP) is 5.31. The van der Waals surface area contributed by atoms with E-state index in [4.69, 9.17) is 4.98 Å².